The number of hydrogen-bond donors (Lipinski definition) is 0. The van der Waals surface area contributed by atoms with E-state index in [4.69, 9.17) is 0 Å². The van der Waals surface area contributed by atoms with Gasteiger partial charge in [0.15, 0.2) is 0 Å². The predicted molar refractivity (Wildman–Crippen MR) is 36.2 cm³/mol. The van der Waals surface area contributed by atoms with E-state index in [-0.39, 0.29) is 6.42 Å². The smallest absolute Gasteiger partial charge is 0.317 e. The van der Waals surface area contributed by atoms with Gasteiger partial charge in [0, 0.05) is 6.92 Å². The third-order valence-electron chi connectivity index (χ3n) is 0.778. The molecule has 0 aliphatic heterocycles. The van der Waals surface area contributed by atoms with Crippen LogP contribution in [0.1, 0.15) is 20.3 Å². The van der Waals surface area contributed by atoms with Crippen molar-refractivity contribution in [2.45, 2.75) is 20.3 Å². The van der Waals surface area contributed by atoms with E-state index >= 15 is 0 Å². The van der Waals surface area contributed by atoms with Gasteiger partial charge in [-0.05, 0) is 6.92 Å². The van der Waals surface area contributed by atoms with Crippen molar-refractivity contribution in [2.75, 3.05) is 0 Å². The molecule has 0 atom stereocenters. The molecule has 0 aromatic rings. The van der Waals surface area contributed by atoms with E-state index in [2.05, 4.69) is 4.74 Å². The Labute approximate surface area is 59.7 Å². The van der Waals surface area contributed by atoms with Crippen molar-refractivity contribution >= 4 is 11.9 Å². The zero-order valence-electron chi connectivity index (χ0n) is 6.09. The summed E-state index contributed by atoms with van der Waals surface area (Å²) in [7, 11) is 0. The quantitative estimate of drug-likeness (QED) is 0.328. The monoisotopic (exact) mass is 142 g/mol. The van der Waals surface area contributed by atoms with Crippen LogP contribution in [0.2, 0.25) is 0 Å². The molecule has 0 aromatic carbocycles. The molecule has 0 N–H and O–H groups in total. The molecule has 0 bridgehead atoms. The van der Waals surface area contributed by atoms with Crippen LogP contribution in [0.4, 0.5) is 0 Å². The van der Waals surface area contributed by atoms with Gasteiger partial charge < -0.3 is 4.74 Å². The molecule has 0 aliphatic rings. The largest absolute Gasteiger partial charge is 0.393 e. The highest BCUT2D eigenvalue weighted by Gasteiger charge is 2.01. The first-order valence-corrected chi connectivity index (χ1v) is 2.99. The van der Waals surface area contributed by atoms with E-state index in [1.54, 1.807) is 19.1 Å². The lowest BCUT2D eigenvalue weighted by Crippen LogP contribution is -2.07. The third kappa shape index (κ3) is 5.03. The molecule has 0 saturated carbocycles. The maximum atomic E-state index is 10.5. The summed E-state index contributed by atoms with van der Waals surface area (Å²) in [6, 6.07) is 0. The van der Waals surface area contributed by atoms with E-state index in [0.717, 1.165) is 0 Å². The van der Waals surface area contributed by atoms with E-state index < -0.39 is 11.9 Å². The lowest BCUT2D eigenvalue weighted by Gasteiger charge is -1.93. The highest BCUT2D eigenvalue weighted by Crippen LogP contribution is 1.88. The highest BCUT2D eigenvalue weighted by molar-refractivity contribution is 5.84. The average molecular weight is 142 g/mol. The molecular formula is C7H10O3. The molecule has 0 aliphatic carbocycles. The molecule has 0 saturated heterocycles. The maximum absolute atomic E-state index is 10.5. The Kier molecular flexibility index (Phi) is 4.20. The van der Waals surface area contributed by atoms with Gasteiger partial charge in [0.25, 0.3) is 0 Å². The molecule has 0 fully saturated rings. The van der Waals surface area contributed by atoms with Gasteiger partial charge in [-0.1, -0.05) is 12.2 Å². The summed E-state index contributed by atoms with van der Waals surface area (Å²) in [4.78, 5) is 20.7. The molecule has 0 radical (unpaired) electrons. The summed E-state index contributed by atoms with van der Waals surface area (Å²) in [5.41, 5.74) is 0. The van der Waals surface area contributed by atoms with Gasteiger partial charge >= 0.3 is 11.9 Å². The second kappa shape index (κ2) is 4.73. The van der Waals surface area contributed by atoms with Gasteiger partial charge in [0.1, 0.15) is 0 Å². The SMILES string of the molecule is CC=CCC(=O)OC(C)=O. The molecular weight excluding hydrogens is 132 g/mol. The van der Waals surface area contributed by atoms with Crippen LogP contribution in [0.15, 0.2) is 12.2 Å². The molecule has 0 rings (SSSR count). The highest BCUT2D eigenvalue weighted by atomic mass is 16.6. The fourth-order valence-electron chi connectivity index (χ4n) is 0.416. The van der Waals surface area contributed by atoms with E-state index in [9.17, 15) is 9.59 Å². The molecule has 3 nitrogen and oxygen atoms in total. The number of hydrogen-bond acceptors (Lipinski definition) is 3. The summed E-state index contributed by atoms with van der Waals surface area (Å²) in [6.45, 7) is 2.99. The average Bonchev–Trinajstić information content (AvgIpc) is 1.82. The lowest BCUT2D eigenvalue weighted by atomic mass is 10.4. The molecule has 0 amide bonds. The molecule has 10 heavy (non-hydrogen) atoms. The third-order valence-corrected chi connectivity index (χ3v) is 0.778. The number of carbonyl (C=O) groups excluding carboxylic acids is 2. The van der Waals surface area contributed by atoms with Gasteiger partial charge in [-0.15, -0.1) is 0 Å². The minimum absolute atomic E-state index is 0.163. The van der Waals surface area contributed by atoms with Crippen LogP contribution >= 0.6 is 0 Å². The topological polar surface area (TPSA) is 43.4 Å². The minimum Gasteiger partial charge on any atom is -0.393 e. The summed E-state index contributed by atoms with van der Waals surface area (Å²) >= 11 is 0. The van der Waals surface area contributed by atoms with Crippen LogP contribution in [0.5, 0.6) is 0 Å². The van der Waals surface area contributed by atoms with Crippen molar-refractivity contribution < 1.29 is 14.3 Å². The van der Waals surface area contributed by atoms with Crippen LogP contribution in [-0.2, 0) is 14.3 Å². The number of carbonyl (C=O) groups is 2. The Bertz CT molecular complexity index is 158. The first-order valence-electron chi connectivity index (χ1n) is 2.99. The van der Waals surface area contributed by atoms with Crippen molar-refractivity contribution in [3.8, 4) is 0 Å². The Hall–Kier alpha value is -1.12. The summed E-state index contributed by atoms with van der Waals surface area (Å²) in [5.74, 6) is -1.07. The first-order chi connectivity index (χ1) is 4.66. The number of rotatable bonds is 2. The number of esters is 2. The lowest BCUT2D eigenvalue weighted by molar-refractivity contribution is -0.157. The van der Waals surface area contributed by atoms with Crippen molar-refractivity contribution in [1.82, 2.24) is 0 Å². The Morgan fingerprint density at radius 2 is 2.10 bits per heavy atom. The molecule has 0 heterocycles. The van der Waals surface area contributed by atoms with Crippen LogP contribution in [-0.4, -0.2) is 11.9 Å². The van der Waals surface area contributed by atoms with Gasteiger partial charge in [-0.25, -0.2) is 0 Å². The summed E-state index contributed by atoms with van der Waals surface area (Å²) < 4.78 is 4.22. The van der Waals surface area contributed by atoms with Crippen LogP contribution < -0.4 is 0 Å². The van der Waals surface area contributed by atoms with Crippen LogP contribution in [0.3, 0.4) is 0 Å². The van der Waals surface area contributed by atoms with E-state index in [0.29, 0.717) is 0 Å². The van der Waals surface area contributed by atoms with Crippen LogP contribution in [0.25, 0.3) is 0 Å². The van der Waals surface area contributed by atoms with Crippen LogP contribution in [0, 0.1) is 0 Å². The summed E-state index contributed by atoms with van der Waals surface area (Å²) in [5, 5.41) is 0. The number of ether oxygens (including phenoxy) is 1. The fraction of sp³-hybridized carbons (Fsp3) is 0.429. The van der Waals surface area contributed by atoms with E-state index in [1.807, 2.05) is 0 Å². The summed E-state index contributed by atoms with van der Waals surface area (Å²) in [6.07, 6.45) is 3.52. The Morgan fingerprint density at radius 3 is 2.50 bits per heavy atom. The fourth-order valence-corrected chi connectivity index (χ4v) is 0.416. The molecule has 0 aromatic heterocycles. The van der Waals surface area contributed by atoms with Gasteiger partial charge in [0.2, 0.25) is 0 Å². The molecule has 0 unspecified atom stereocenters. The first kappa shape index (κ1) is 8.88. The number of allylic oxidation sites excluding steroid dienone is 1. The standard InChI is InChI=1S/C7H10O3/c1-3-4-5-7(9)10-6(2)8/h3-4H,5H2,1-2H3. The van der Waals surface area contributed by atoms with Crippen molar-refractivity contribution in [2.24, 2.45) is 0 Å². The Morgan fingerprint density at radius 1 is 1.50 bits per heavy atom. The molecule has 3 heteroatoms. The normalized spacial score (nSPS) is 9.80. The van der Waals surface area contributed by atoms with Crippen molar-refractivity contribution in [3.05, 3.63) is 12.2 Å². The van der Waals surface area contributed by atoms with E-state index in [1.165, 1.54) is 6.92 Å². The minimum atomic E-state index is -0.561. The second-order valence-electron chi connectivity index (χ2n) is 1.74. The van der Waals surface area contributed by atoms with Crippen molar-refractivity contribution in [1.29, 1.82) is 0 Å². The zero-order valence-corrected chi connectivity index (χ0v) is 6.09. The molecule has 0 spiro atoms. The maximum Gasteiger partial charge on any atom is 0.317 e. The van der Waals surface area contributed by atoms with Gasteiger partial charge in [0.05, 0.1) is 6.42 Å². The zero-order chi connectivity index (χ0) is 7.98. The second-order valence-corrected chi connectivity index (χ2v) is 1.74. The van der Waals surface area contributed by atoms with Gasteiger partial charge in [-0.3, -0.25) is 9.59 Å². The van der Waals surface area contributed by atoms with Crippen molar-refractivity contribution in [3.63, 3.8) is 0 Å². The predicted octanol–water partition coefficient (Wildman–Crippen LogP) is 1.04. The Balaban J connectivity index is 3.54. The van der Waals surface area contributed by atoms with Gasteiger partial charge in [-0.2, -0.15) is 0 Å². The molecule has 56 valence electrons.